The molecule has 0 spiro atoms. The van der Waals surface area contributed by atoms with Crippen LogP contribution in [0.5, 0.6) is 0 Å². The number of allylic oxidation sites excluding steroid dienone is 6. The molecule has 0 fully saturated rings. The van der Waals surface area contributed by atoms with Crippen LogP contribution in [0.2, 0.25) is 0 Å². The molecule has 0 bridgehead atoms. The normalized spacial score (nSPS) is 23.8. The van der Waals surface area contributed by atoms with E-state index in [-0.39, 0.29) is 11.5 Å². The third kappa shape index (κ3) is 2.93. The van der Waals surface area contributed by atoms with E-state index in [2.05, 4.69) is 49.0 Å². The molecule has 3 heteroatoms. The van der Waals surface area contributed by atoms with Crippen LogP contribution < -0.4 is 0 Å². The van der Waals surface area contributed by atoms with Crippen molar-refractivity contribution in [2.45, 2.75) is 53.0 Å². The molecule has 1 unspecified atom stereocenters. The van der Waals surface area contributed by atoms with Crippen LogP contribution >= 0.6 is 0 Å². The van der Waals surface area contributed by atoms with Crippen LogP contribution in [0, 0.1) is 11.3 Å². The maximum absolute atomic E-state index is 8.54. The Labute approximate surface area is 115 Å². The molecule has 0 aromatic carbocycles. The topological polar surface area (TPSA) is 48.8 Å². The fraction of sp³-hybridized carbons (Fsp3) is 0.625. The molecule has 0 aliphatic heterocycles. The molecular formula is C16H23N3. The van der Waals surface area contributed by atoms with Crippen LogP contribution in [0.25, 0.3) is 10.4 Å². The number of azide groups is 1. The molecule has 0 N–H and O–H groups in total. The monoisotopic (exact) mass is 257 g/mol. The van der Waals surface area contributed by atoms with Crippen molar-refractivity contribution in [3.63, 3.8) is 0 Å². The van der Waals surface area contributed by atoms with Crippen molar-refractivity contribution >= 4 is 0 Å². The van der Waals surface area contributed by atoms with Crippen molar-refractivity contribution in [3.8, 4) is 0 Å². The summed E-state index contributed by atoms with van der Waals surface area (Å²) in [6.07, 6.45) is 10.2. The van der Waals surface area contributed by atoms with Crippen molar-refractivity contribution in [2.24, 2.45) is 16.4 Å². The SMILES string of the molecule is C[C@@H](CC1C=CC2=C1C(C(C)(C)C)=CCC2)N=[N+]=[N-]. The molecule has 102 valence electrons. The highest BCUT2D eigenvalue weighted by molar-refractivity contribution is 5.52. The average molecular weight is 257 g/mol. The molecule has 0 aromatic heterocycles. The maximum atomic E-state index is 8.54. The Balaban J connectivity index is 2.25. The fourth-order valence-corrected chi connectivity index (χ4v) is 3.14. The lowest BCUT2D eigenvalue weighted by Crippen LogP contribution is -2.19. The molecule has 0 saturated heterocycles. The lowest BCUT2D eigenvalue weighted by molar-refractivity contribution is 0.481. The van der Waals surface area contributed by atoms with Crippen molar-refractivity contribution in [3.05, 3.63) is 45.4 Å². The zero-order chi connectivity index (χ0) is 14.0. The number of rotatable bonds is 3. The smallest absolute Gasteiger partial charge is 0.0354 e. The summed E-state index contributed by atoms with van der Waals surface area (Å²) in [5.74, 6) is 0.418. The minimum absolute atomic E-state index is 0.0506. The molecule has 2 rings (SSSR count). The van der Waals surface area contributed by atoms with Gasteiger partial charge in [0.15, 0.2) is 0 Å². The van der Waals surface area contributed by atoms with Crippen LogP contribution in [0.1, 0.15) is 47.0 Å². The Hall–Kier alpha value is -1.47. The summed E-state index contributed by atoms with van der Waals surface area (Å²) in [7, 11) is 0. The second-order valence-corrected chi connectivity index (χ2v) is 6.60. The molecule has 0 heterocycles. The van der Waals surface area contributed by atoms with E-state index in [4.69, 9.17) is 5.53 Å². The molecular weight excluding hydrogens is 234 g/mol. The predicted octanol–water partition coefficient (Wildman–Crippen LogP) is 5.32. The van der Waals surface area contributed by atoms with Gasteiger partial charge in [0.1, 0.15) is 0 Å². The van der Waals surface area contributed by atoms with Gasteiger partial charge in [0.2, 0.25) is 0 Å². The molecule has 19 heavy (non-hydrogen) atoms. The van der Waals surface area contributed by atoms with Gasteiger partial charge in [-0.05, 0) is 46.9 Å². The van der Waals surface area contributed by atoms with Gasteiger partial charge in [-0.25, -0.2) is 0 Å². The number of hydrogen-bond acceptors (Lipinski definition) is 1. The quantitative estimate of drug-likeness (QED) is 0.373. The first-order valence-corrected chi connectivity index (χ1v) is 7.10. The van der Waals surface area contributed by atoms with Gasteiger partial charge in [0.25, 0.3) is 0 Å². The standard InChI is InChI=1S/C16H23N3/c1-11(18-19-17)10-13-9-8-12-6-5-7-14(15(12)13)16(2,3)4/h7-9,11,13H,5-6,10H2,1-4H3/t11-,13?/m0/s1. The van der Waals surface area contributed by atoms with E-state index in [0.29, 0.717) is 5.92 Å². The molecule has 2 aliphatic rings. The number of hydrogen-bond donors (Lipinski definition) is 0. The summed E-state index contributed by atoms with van der Waals surface area (Å²) < 4.78 is 0. The third-order valence-corrected chi connectivity index (χ3v) is 3.95. The van der Waals surface area contributed by atoms with Gasteiger partial charge in [0.05, 0.1) is 0 Å². The maximum Gasteiger partial charge on any atom is 0.0354 e. The zero-order valence-corrected chi connectivity index (χ0v) is 12.3. The highest BCUT2D eigenvalue weighted by Crippen LogP contribution is 2.45. The van der Waals surface area contributed by atoms with Crippen molar-refractivity contribution < 1.29 is 0 Å². The highest BCUT2D eigenvalue weighted by atomic mass is 15.1. The molecule has 3 nitrogen and oxygen atoms in total. The number of nitrogens with zero attached hydrogens (tertiary/aromatic N) is 3. The van der Waals surface area contributed by atoms with E-state index in [0.717, 1.165) is 19.3 Å². The minimum atomic E-state index is 0.0506. The lowest BCUT2D eigenvalue weighted by Gasteiger charge is -2.31. The Bertz CT molecular complexity index is 497. The van der Waals surface area contributed by atoms with Crippen LogP contribution in [0.15, 0.2) is 40.1 Å². The Morgan fingerprint density at radius 2 is 2.21 bits per heavy atom. The summed E-state index contributed by atoms with van der Waals surface area (Å²) in [4.78, 5) is 2.92. The third-order valence-electron chi connectivity index (χ3n) is 3.95. The second-order valence-electron chi connectivity index (χ2n) is 6.60. The lowest BCUT2D eigenvalue weighted by atomic mass is 9.73. The van der Waals surface area contributed by atoms with Crippen molar-refractivity contribution in [1.82, 2.24) is 0 Å². The van der Waals surface area contributed by atoms with E-state index < -0.39 is 0 Å². The van der Waals surface area contributed by atoms with Gasteiger partial charge in [-0.15, -0.1) is 0 Å². The summed E-state index contributed by atoms with van der Waals surface area (Å²) in [6, 6.07) is 0.0506. The van der Waals surface area contributed by atoms with E-state index in [1.807, 2.05) is 6.92 Å². The minimum Gasteiger partial charge on any atom is -0.0909 e. The Morgan fingerprint density at radius 3 is 2.84 bits per heavy atom. The average Bonchev–Trinajstić information content (AvgIpc) is 2.71. The molecule has 0 saturated carbocycles. The van der Waals surface area contributed by atoms with Gasteiger partial charge in [-0.2, -0.15) is 0 Å². The van der Waals surface area contributed by atoms with Gasteiger partial charge < -0.3 is 0 Å². The van der Waals surface area contributed by atoms with Gasteiger partial charge in [-0.3, -0.25) is 0 Å². The van der Waals surface area contributed by atoms with E-state index >= 15 is 0 Å². The molecule has 0 radical (unpaired) electrons. The first-order chi connectivity index (χ1) is 8.93. The largest absolute Gasteiger partial charge is 0.0909 e. The highest BCUT2D eigenvalue weighted by Gasteiger charge is 2.31. The molecule has 0 aromatic rings. The van der Waals surface area contributed by atoms with Crippen LogP contribution in [-0.4, -0.2) is 6.04 Å². The molecule has 2 atom stereocenters. The predicted molar refractivity (Wildman–Crippen MR) is 79.7 cm³/mol. The van der Waals surface area contributed by atoms with Crippen molar-refractivity contribution in [2.75, 3.05) is 0 Å². The van der Waals surface area contributed by atoms with Gasteiger partial charge in [0, 0.05) is 16.9 Å². The van der Waals surface area contributed by atoms with Gasteiger partial charge >= 0.3 is 0 Å². The zero-order valence-electron chi connectivity index (χ0n) is 12.3. The van der Waals surface area contributed by atoms with Crippen molar-refractivity contribution in [1.29, 1.82) is 0 Å². The van der Waals surface area contributed by atoms with E-state index in [1.165, 1.54) is 16.7 Å². The van der Waals surface area contributed by atoms with Crippen LogP contribution in [0.3, 0.4) is 0 Å². The van der Waals surface area contributed by atoms with E-state index in [1.54, 1.807) is 0 Å². The summed E-state index contributed by atoms with van der Waals surface area (Å²) in [6.45, 7) is 8.83. The van der Waals surface area contributed by atoms with Crippen LogP contribution in [-0.2, 0) is 0 Å². The second kappa shape index (κ2) is 5.26. The first kappa shape index (κ1) is 14.0. The first-order valence-electron chi connectivity index (χ1n) is 7.10. The molecule has 0 amide bonds. The fourth-order valence-electron chi connectivity index (χ4n) is 3.14. The Kier molecular flexibility index (Phi) is 3.86. The summed E-state index contributed by atoms with van der Waals surface area (Å²) in [5, 5.41) is 3.82. The summed E-state index contributed by atoms with van der Waals surface area (Å²) >= 11 is 0. The van der Waals surface area contributed by atoms with E-state index in [9.17, 15) is 0 Å². The van der Waals surface area contributed by atoms with Gasteiger partial charge in [-0.1, -0.05) is 51.0 Å². The Morgan fingerprint density at radius 1 is 1.47 bits per heavy atom. The van der Waals surface area contributed by atoms with Crippen LogP contribution in [0.4, 0.5) is 0 Å². The molecule has 2 aliphatic carbocycles. The summed E-state index contributed by atoms with van der Waals surface area (Å²) in [5.41, 5.74) is 13.2.